The monoisotopic (exact) mass is 502 g/mol. The lowest BCUT2D eigenvalue weighted by Gasteiger charge is -2.41. The van der Waals surface area contributed by atoms with Crippen molar-refractivity contribution >= 4 is 23.2 Å². The number of benzene rings is 1. The number of aliphatic carboxylic acids is 1. The third kappa shape index (κ3) is 5.23. The summed E-state index contributed by atoms with van der Waals surface area (Å²) < 4.78 is 11.4. The number of carboxylic acid groups (broad SMARTS) is 1. The Kier molecular flexibility index (Phi) is 8.27. The van der Waals surface area contributed by atoms with Gasteiger partial charge >= 0.3 is 5.97 Å². The van der Waals surface area contributed by atoms with Crippen molar-refractivity contribution < 1.29 is 24.2 Å². The van der Waals surface area contributed by atoms with E-state index in [4.69, 9.17) is 9.47 Å². The predicted octanol–water partition coefficient (Wildman–Crippen LogP) is 5.56. The Morgan fingerprint density at radius 1 is 1.31 bits per heavy atom. The van der Waals surface area contributed by atoms with Crippen molar-refractivity contribution in [3.63, 3.8) is 0 Å². The van der Waals surface area contributed by atoms with Crippen LogP contribution in [0.1, 0.15) is 81.4 Å². The third-order valence-electron chi connectivity index (χ3n) is 6.75. The molecule has 3 rings (SSSR count). The quantitative estimate of drug-likeness (QED) is 0.483. The molecule has 1 amide bonds. The van der Waals surface area contributed by atoms with E-state index < -0.39 is 17.6 Å². The number of rotatable bonds is 9. The van der Waals surface area contributed by atoms with Gasteiger partial charge in [0.15, 0.2) is 0 Å². The molecular weight excluding hydrogens is 464 g/mol. The summed E-state index contributed by atoms with van der Waals surface area (Å²) in [6.45, 7) is 12.9. The molecular formula is C27H38N2O5S. The molecule has 1 unspecified atom stereocenters. The molecule has 1 aliphatic rings. The first-order valence-electron chi connectivity index (χ1n) is 12.2. The number of thiazole rings is 1. The van der Waals surface area contributed by atoms with Gasteiger partial charge in [-0.3, -0.25) is 4.79 Å². The van der Waals surface area contributed by atoms with E-state index in [0.29, 0.717) is 30.8 Å². The van der Waals surface area contributed by atoms with Gasteiger partial charge in [0.2, 0.25) is 0 Å². The molecule has 0 bridgehead atoms. The number of likely N-dealkylation sites (tertiary alicyclic amines) is 1. The lowest BCUT2D eigenvalue weighted by atomic mass is 9.78. The Balaban J connectivity index is 2.19. The largest absolute Gasteiger partial charge is 0.496 e. The Morgan fingerprint density at radius 2 is 2.03 bits per heavy atom. The molecule has 1 fully saturated rings. The van der Waals surface area contributed by atoms with Crippen LogP contribution < -0.4 is 4.74 Å². The zero-order valence-electron chi connectivity index (χ0n) is 21.8. The summed E-state index contributed by atoms with van der Waals surface area (Å²) in [7, 11) is 1.59. The molecule has 1 aliphatic heterocycles. The van der Waals surface area contributed by atoms with E-state index in [1.807, 2.05) is 32.2 Å². The van der Waals surface area contributed by atoms with Gasteiger partial charge in [-0.05, 0) is 48.8 Å². The van der Waals surface area contributed by atoms with E-state index in [2.05, 4.69) is 25.8 Å². The van der Waals surface area contributed by atoms with E-state index in [1.165, 1.54) is 11.3 Å². The molecule has 0 radical (unpaired) electrons. The van der Waals surface area contributed by atoms with Gasteiger partial charge in [0.05, 0.1) is 19.8 Å². The Bertz CT molecular complexity index is 1030. The summed E-state index contributed by atoms with van der Waals surface area (Å²) in [5.74, 6) is -1.02. The second-order valence-corrected chi connectivity index (χ2v) is 11.6. The minimum atomic E-state index is -1.41. The van der Waals surface area contributed by atoms with E-state index in [9.17, 15) is 14.7 Å². The number of carbonyl (C=O) groups excluding carboxylic acids is 1. The van der Waals surface area contributed by atoms with Crippen molar-refractivity contribution in [2.24, 2.45) is 11.8 Å². The van der Waals surface area contributed by atoms with Crippen LogP contribution in [0.2, 0.25) is 0 Å². The molecule has 192 valence electrons. The number of methoxy groups -OCH3 is 1. The maximum absolute atomic E-state index is 14.2. The molecule has 0 aliphatic carbocycles. The van der Waals surface area contributed by atoms with Gasteiger partial charge in [0.25, 0.3) is 5.91 Å². The molecule has 3 atom stereocenters. The Morgan fingerprint density at radius 3 is 2.54 bits per heavy atom. The lowest BCUT2D eigenvalue weighted by molar-refractivity contribution is -0.154. The van der Waals surface area contributed by atoms with Gasteiger partial charge in [-0.1, -0.05) is 40.7 Å². The summed E-state index contributed by atoms with van der Waals surface area (Å²) in [5.41, 5.74) is -0.194. The minimum Gasteiger partial charge on any atom is -0.496 e. The van der Waals surface area contributed by atoms with Crippen LogP contribution in [0, 0.1) is 11.8 Å². The number of nitrogens with zero attached hydrogens (tertiary/aromatic N) is 2. The van der Waals surface area contributed by atoms with Crippen molar-refractivity contribution in [1.82, 2.24) is 9.88 Å². The topological polar surface area (TPSA) is 89.0 Å². The van der Waals surface area contributed by atoms with Crippen molar-refractivity contribution in [3.05, 3.63) is 45.9 Å². The van der Waals surface area contributed by atoms with Crippen molar-refractivity contribution in [1.29, 1.82) is 0 Å². The Hall–Kier alpha value is -2.45. The fourth-order valence-electron chi connectivity index (χ4n) is 5.28. The number of carbonyl (C=O) groups is 2. The fourth-order valence-corrected chi connectivity index (χ4v) is 6.02. The molecule has 35 heavy (non-hydrogen) atoms. The first-order valence-corrected chi connectivity index (χ1v) is 13.1. The second kappa shape index (κ2) is 10.7. The molecule has 1 saturated heterocycles. The third-order valence-corrected chi connectivity index (χ3v) is 7.63. The summed E-state index contributed by atoms with van der Waals surface area (Å²) in [6, 6.07) is 4.97. The molecule has 0 saturated carbocycles. The molecule has 7 nitrogen and oxygen atoms in total. The minimum absolute atomic E-state index is 0.0541. The van der Waals surface area contributed by atoms with Gasteiger partial charge in [-0.25, -0.2) is 9.78 Å². The lowest BCUT2D eigenvalue weighted by Crippen LogP contribution is -2.58. The van der Waals surface area contributed by atoms with E-state index in [1.54, 1.807) is 30.3 Å². The van der Waals surface area contributed by atoms with Crippen LogP contribution >= 0.6 is 11.3 Å². The van der Waals surface area contributed by atoms with Gasteiger partial charge in [-0.15, -0.1) is 11.3 Å². The van der Waals surface area contributed by atoms with Crippen LogP contribution in [0.15, 0.2) is 29.8 Å². The first kappa shape index (κ1) is 27.1. The number of hydrogen-bond donors (Lipinski definition) is 1. The highest BCUT2D eigenvalue weighted by Crippen LogP contribution is 2.51. The molecule has 1 N–H and O–H groups in total. The maximum atomic E-state index is 14.2. The molecule has 8 heteroatoms. The van der Waals surface area contributed by atoms with Crippen molar-refractivity contribution in [3.8, 4) is 5.75 Å². The molecule has 2 heterocycles. The number of aromatic nitrogens is 1. The summed E-state index contributed by atoms with van der Waals surface area (Å²) in [5, 5.41) is 13.3. The zero-order chi connectivity index (χ0) is 26.0. The van der Waals surface area contributed by atoms with E-state index in [-0.39, 0.29) is 29.8 Å². The molecule has 1 aromatic carbocycles. The molecule has 2 aromatic rings. The van der Waals surface area contributed by atoms with Gasteiger partial charge in [0, 0.05) is 29.7 Å². The normalized spacial score (nSPS) is 22.6. The molecule has 1 aromatic heterocycles. The van der Waals surface area contributed by atoms with E-state index in [0.717, 1.165) is 10.6 Å². The molecule has 0 spiro atoms. The SMILES string of the molecule is CCOCC1C[C@H](c2nccs2)N(C(=O)c2ccc(C(C)(C)C)c(OC)c2)[C@]1(CC(C)C)C(=O)O. The van der Waals surface area contributed by atoms with E-state index >= 15 is 0 Å². The van der Waals surface area contributed by atoms with Crippen molar-refractivity contribution in [2.75, 3.05) is 20.3 Å². The van der Waals surface area contributed by atoms with Crippen LogP contribution in [0.4, 0.5) is 0 Å². The van der Waals surface area contributed by atoms with Crippen LogP contribution in [0.5, 0.6) is 5.75 Å². The summed E-state index contributed by atoms with van der Waals surface area (Å²) >= 11 is 1.44. The summed E-state index contributed by atoms with van der Waals surface area (Å²) in [4.78, 5) is 33.4. The van der Waals surface area contributed by atoms with Gasteiger partial charge < -0.3 is 19.5 Å². The highest BCUT2D eigenvalue weighted by molar-refractivity contribution is 7.09. The van der Waals surface area contributed by atoms with Crippen LogP contribution in [-0.2, 0) is 14.9 Å². The number of hydrogen-bond acceptors (Lipinski definition) is 6. The number of carboxylic acids is 1. The predicted molar refractivity (Wildman–Crippen MR) is 137 cm³/mol. The number of amides is 1. The smallest absolute Gasteiger partial charge is 0.330 e. The second-order valence-electron chi connectivity index (χ2n) is 10.6. The fraction of sp³-hybridized carbons (Fsp3) is 0.593. The van der Waals surface area contributed by atoms with Crippen LogP contribution in [-0.4, -0.2) is 52.7 Å². The van der Waals surface area contributed by atoms with Crippen molar-refractivity contribution in [2.45, 2.75) is 71.4 Å². The van der Waals surface area contributed by atoms with Crippen LogP contribution in [0.25, 0.3) is 0 Å². The average Bonchev–Trinajstić information content (AvgIpc) is 3.42. The average molecular weight is 503 g/mol. The standard InChI is InChI=1S/C27H38N2O5S/c1-8-34-16-19-14-21(23-28-11-12-35-23)29(27(19,25(31)32)15-17(2)3)24(30)18-9-10-20(26(4,5)6)22(13-18)33-7/h9-13,17,19,21H,8,14-16H2,1-7H3,(H,31,32)/t19?,21-,27+/m1/s1. The van der Waals surface area contributed by atoms with Gasteiger partial charge in [-0.2, -0.15) is 0 Å². The highest BCUT2D eigenvalue weighted by atomic mass is 32.1. The maximum Gasteiger partial charge on any atom is 0.330 e. The first-order chi connectivity index (χ1) is 16.5. The zero-order valence-corrected chi connectivity index (χ0v) is 22.6. The highest BCUT2D eigenvalue weighted by Gasteiger charge is 2.61. The number of ether oxygens (including phenoxy) is 2. The van der Waals surface area contributed by atoms with Gasteiger partial charge in [0.1, 0.15) is 16.3 Å². The summed E-state index contributed by atoms with van der Waals surface area (Å²) in [6.07, 6.45) is 2.50. The Labute approximate surface area is 212 Å². The van der Waals surface area contributed by atoms with Crippen LogP contribution in [0.3, 0.4) is 0 Å².